The van der Waals surface area contributed by atoms with Crippen LogP contribution >= 0.6 is 11.3 Å². The summed E-state index contributed by atoms with van der Waals surface area (Å²) in [6.07, 6.45) is 0.929. The lowest BCUT2D eigenvalue weighted by atomic mass is 10.2. The second-order valence-corrected chi connectivity index (χ2v) is 7.03. The molecule has 2 aromatic rings. The van der Waals surface area contributed by atoms with E-state index in [0.717, 1.165) is 55.1 Å². The van der Waals surface area contributed by atoms with Crippen LogP contribution in [0, 0.1) is 11.6 Å². The maximum atomic E-state index is 13.7. The van der Waals surface area contributed by atoms with Crippen molar-refractivity contribution in [3.05, 3.63) is 40.3 Å². The second kappa shape index (κ2) is 6.14. The average Bonchev–Trinajstić information content (AvgIpc) is 2.94. The highest BCUT2D eigenvalue weighted by Crippen LogP contribution is 2.40. The maximum absolute atomic E-state index is 13.7. The normalized spacial score (nSPS) is 16.8. The van der Waals surface area contributed by atoms with Crippen molar-refractivity contribution in [1.82, 2.24) is 10.2 Å². The summed E-state index contributed by atoms with van der Waals surface area (Å²) in [5, 5.41) is 7.51. The van der Waals surface area contributed by atoms with Crippen molar-refractivity contribution in [3.8, 4) is 0 Å². The standard InChI is InChI=1S/C17H18F2N4S/c1-2-10-7-11-16(23-5-3-20-4-6-23)21-14-8-12(18)13(19)9-15(14)22-17(11)24-10/h7-9,20,22H,2-6H2,1H3. The van der Waals surface area contributed by atoms with E-state index in [2.05, 4.69) is 28.5 Å². The third-order valence-electron chi connectivity index (χ3n) is 4.30. The minimum Gasteiger partial charge on any atom is -0.353 e. The van der Waals surface area contributed by atoms with Crippen molar-refractivity contribution in [3.63, 3.8) is 0 Å². The van der Waals surface area contributed by atoms with E-state index < -0.39 is 11.6 Å². The number of nitrogens with one attached hydrogen (secondary N) is 2. The van der Waals surface area contributed by atoms with E-state index >= 15 is 0 Å². The zero-order valence-corrected chi connectivity index (χ0v) is 14.1. The van der Waals surface area contributed by atoms with Crippen LogP contribution in [0.25, 0.3) is 0 Å². The molecule has 1 aromatic heterocycles. The fourth-order valence-corrected chi connectivity index (χ4v) is 4.02. The van der Waals surface area contributed by atoms with Gasteiger partial charge in [-0.05, 0) is 12.5 Å². The molecule has 4 nitrogen and oxygen atoms in total. The lowest BCUT2D eigenvalue weighted by Crippen LogP contribution is -2.46. The summed E-state index contributed by atoms with van der Waals surface area (Å²) in [4.78, 5) is 8.15. The molecule has 1 fully saturated rings. The Labute approximate surface area is 143 Å². The highest BCUT2D eigenvalue weighted by atomic mass is 32.1. The Morgan fingerprint density at radius 3 is 2.67 bits per heavy atom. The predicted molar refractivity (Wildman–Crippen MR) is 94.0 cm³/mol. The molecule has 126 valence electrons. The number of hydrogen-bond donors (Lipinski definition) is 2. The number of aliphatic imine (C=N–C) groups is 1. The van der Waals surface area contributed by atoms with Crippen LogP contribution in [-0.2, 0) is 6.42 Å². The molecule has 0 atom stereocenters. The summed E-state index contributed by atoms with van der Waals surface area (Å²) in [5.74, 6) is -0.908. The molecule has 4 rings (SSSR count). The Kier molecular flexibility index (Phi) is 3.97. The van der Waals surface area contributed by atoms with Gasteiger partial charge >= 0.3 is 0 Å². The monoisotopic (exact) mass is 348 g/mol. The smallest absolute Gasteiger partial charge is 0.161 e. The van der Waals surface area contributed by atoms with Gasteiger partial charge in [0.25, 0.3) is 0 Å². The first kappa shape index (κ1) is 15.5. The van der Waals surface area contributed by atoms with Crippen LogP contribution < -0.4 is 10.6 Å². The average molecular weight is 348 g/mol. The number of fused-ring (bicyclic) bond motifs is 2. The van der Waals surface area contributed by atoms with E-state index in [1.165, 1.54) is 10.9 Å². The van der Waals surface area contributed by atoms with Gasteiger partial charge in [-0.25, -0.2) is 13.8 Å². The van der Waals surface area contributed by atoms with Crippen molar-refractivity contribution < 1.29 is 8.78 Å². The molecule has 0 unspecified atom stereocenters. The summed E-state index contributed by atoms with van der Waals surface area (Å²) < 4.78 is 27.3. The molecular weight excluding hydrogens is 330 g/mol. The molecule has 0 aliphatic carbocycles. The van der Waals surface area contributed by atoms with Gasteiger partial charge in [0.05, 0.1) is 16.9 Å². The summed E-state index contributed by atoms with van der Waals surface area (Å²) in [6, 6.07) is 4.48. The van der Waals surface area contributed by atoms with Gasteiger partial charge in [-0.1, -0.05) is 6.92 Å². The van der Waals surface area contributed by atoms with Gasteiger partial charge in [-0.3, -0.25) is 0 Å². The number of amidine groups is 1. The van der Waals surface area contributed by atoms with Crippen LogP contribution in [0.2, 0.25) is 0 Å². The fraction of sp³-hybridized carbons (Fsp3) is 0.353. The van der Waals surface area contributed by atoms with Gasteiger partial charge in [-0.2, -0.15) is 0 Å². The maximum Gasteiger partial charge on any atom is 0.161 e. The van der Waals surface area contributed by atoms with Gasteiger partial charge in [0, 0.05) is 43.2 Å². The van der Waals surface area contributed by atoms with Crippen LogP contribution in [0.4, 0.5) is 25.2 Å². The molecular formula is C17H18F2N4S. The second-order valence-electron chi connectivity index (χ2n) is 5.89. The summed E-state index contributed by atoms with van der Waals surface area (Å²) in [7, 11) is 0. The minimum absolute atomic E-state index is 0.434. The third kappa shape index (κ3) is 2.67. The number of nitrogens with zero attached hydrogens (tertiary/aromatic N) is 2. The number of halogens is 2. The van der Waals surface area contributed by atoms with Gasteiger partial charge in [0.15, 0.2) is 11.6 Å². The molecule has 7 heteroatoms. The fourth-order valence-electron chi connectivity index (χ4n) is 3.02. The van der Waals surface area contributed by atoms with E-state index in [1.807, 2.05) is 0 Å². The van der Waals surface area contributed by atoms with Crippen LogP contribution in [0.5, 0.6) is 0 Å². The van der Waals surface area contributed by atoms with Gasteiger partial charge in [-0.15, -0.1) is 11.3 Å². The number of anilines is 2. The highest BCUT2D eigenvalue weighted by molar-refractivity contribution is 7.16. The summed E-state index contributed by atoms with van der Waals surface area (Å²) >= 11 is 1.64. The molecule has 2 aliphatic heterocycles. The molecule has 1 aromatic carbocycles. The molecule has 0 saturated carbocycles. The third-order valence-corrected chi connectivity index (χ3v) is 5.50. The predicted octanol–water partition coefficient (Wildman–Crippen LogP) is 3.63. The Bertz CT molecular complexity index is 809. The van der Waals surface area contributed by atoms with Crippen LogP contribution in [0.3, 0.4) is 0 Å². The van der Waals surface area contributed by atoms with Crippen molar-refractivity contribution in [2.24, 2.45) is 4.99 Å². The van der Waals surface area contributed by atoms with E-state index in [0.29, 0.717) is 11.4 Å². The van der Waals surface area contributed by atoms with Crippen molar-refractivity contribution >= 4 is 33.5 Å². The summed E-state index contributed by atoms with van der Waals surface area (Å²) in [5.41, 5.74) is 1.95. The first-order chi connectivity index (χ1) is 11.7. The molecule has 3 heterocycles. The lowest BCUT2D eigenvalue weighted by Gasteiger charge is -2.30. The van der Waals surface area contributed by atoms with Gasteiger partial charge in [0.1, 0.15) is 10.8 Å². The Hall–Kier alpha value is -1.99. The molecule has 2 aliphatic rings. The van der Waals surface area contributed by atoms with Crippen molar-refractivity contribution in [1.29, 1.82) is 0 Å². The van der Waals surface area contributed by atoms with E-state index in [9.17, 15) is 8.78 Å². The van der Waals surface area contributed by atoms with Crippen LogP contribution in [-0.4, -0.2) is 36.9 Å². The quantitative estimate of drug-likeness (QED) is 0.827. The first-order valence-corrected chi connectivity index (χ1v) is 8.91. The van der Waals surface area contributed by atoms with Gasteiger partial charge < -0.3 is 15.5 Å². The molecule has 0 bridgehead atoms. The number of aryl methyl sites for hydroxylation is 1. The molecule has 1 saturated heterocycles. The number of piperazine rings is 1. The van der Waals surface area contributed by atoms with Crippen LogP contribution in [0.15, 0.2) is 23.2 Å². The van der Waals surface area contributed by atoms with Gasteiger partial charge in [0.2, 0.25) is 0 Å². The molecule has 0 amide bonds. The number of hydrogen-bond acceptors (Lipinski definition) is 5. The Morgan fingerprint density at radius 1 is 1.17 bits per heavy atom. The molecule has 0 radical (unpaired) electrons. The van der Waals surface area contributed by atoms with Crippen molar-refractivity contribution in [2.45, 2.75) is 13.3 Å². The minimum atomic E-state index is -0.876. The largest absolute Gasteiger partial charge is 0.353 e. The topological polar surface area (TPSA) is 39.7 Å². The van der Waals surface area contributed by atoms with E-state index in [-0.39, 0.29) is 0 Å². The Balaban J connectivity index is 1.87. The molecule has 24 heavy (non-hydrogen) atoms. The summed E-state index contributed by atoms with van der Waals surface area (Å²) in [6.45, 7) is 5.56. The SMILES string of the molecule is CCc1cc2c(s1)Nc1cc(F)c(F)cc1N=C2N1CCNCC1. The number of thiophene rings is 1. The first-order valence-electron chi connectivity index (χ1n) is 8.09. The molecule has 0 spiro atoms. The van der Waals surface area contributed by atoms with Crippen molar-refractivity contribution in [2.75, 3.05) is 31.5 Å². The molecule has 2 N–H and O–H groups in total. The number of rotatable bonds is 1. The Morgan fingerprint density at radius 2 is 1.92 bits per heavy atom. The zero-order valence-electron chi connectivity index (χ0n) is 13.3. The zero-order chi connectivity index (χ0) is 16.7. The van der Waals surface area contributed by atoms with E-state index in [1.54, 1.807) is 11.3 Å². The highest BCUT2D eigenvalue weighted by Gasteiger charge is 2.25. The lowest BCUT2D eigenvalue weighted by molar-refractivity contribution is 0.358. The number of benzene rings is 1. The van der Waals surface area contributed by atoms with Crippen LogP contribution in [0.1, 0.15) is 17.4 Å². The van der Waals surface area contributed by atoms with E-state index in [4.69, 9.17) is 4.99 Å².